The van der Waals surface area contributed by atoms with Gasteiger partial charge in [-0.25, -0.2) is 0 Å². The second-order valence-corrected chi connectivity index (χ2v) is 10.0. The molecule has 1 aliphatic rings. The summed E-state index contributed by atoms with van der Waals surface area (Å²) >= 11 is 12.3. The van der Waals surface area contributed by atoms with Crippen molar-refractivity contribution in [1.29, 1.82) is 0 Å². The Balaban J connectivity index is 1.82. The highest BCUT2D eigenvalue weighted by atomic mass is 35.5. The molecule has 2 unspecified atom stereocenters. The Morgan fingerprint density at radius 2 is 1.93 bits per heavy atom. The van der Waals surface area contributed by atoms with Crippen LogP contribution in [0, 0.1) is 12.3 Å². The molecule has 1 N–H and O–H groups in total. The smallest absolute Gasteiger partial charge is 0.137 e. The summed E-state index contributed by atoms with van der Waals surface area (Å²) < 4.78 is 0. The summed E-state index contributed by atoms with van der Waals surface area (Å²) in [6.45, 7) is 8.83. The van der Waals surface area contributed by atoms with Gasteiger partial charge in [0.15, 0.2) is 0 Å². The van der Waals surface area contributed by atoms with Gasteiger partial charge in [0.25, 0.3) is 0 Å². The second kappa shape index (κ2) is 9.07. The van der Waals surface area contributed by atoms with E-state index >= 15 is 0 Å². The Bertz CT molecular complexity index is 924. The van der Waals surface area contributed by atoms with Crippen LogP contribution in [0.15, 0.2) is 36.4 Å². The van der Waals surface area contributed by atoms with Crippen LogP contribution >= 0.6 is 23.2 Å². The van der Waals surface area contributed by atoms with Gasteiger partial charge in [0.05, 0.1) is 10.0 Å². The fourth-order valence-corrected chi connectivity index (χ4v) is 4.60. The van der Waals surface area contributed by atoms with Crippen LogP contribution in [-0.4, -0.2) is 29.6 Å². The van der Waals surface area contributed by atoms with Gasteiger partial charge in [0, 0.05) is 24.3 Å². The third-order valence-electron chi connectivity index (χ3n) is 5.97. The van der Waals surface area contributed by atoms with Crippen molar-refractivity contribution < 1.29 is 9.90 Å². The number of nitrogens with one attached hydrogen (secondary N) is 1. The van der Waals surface area contributed by atoms with Gasteiger partial charge in [-0.3, -0.25) is 0 Å². The molecule has 0 radical (unpaired) electrons. The number of carboxylic acid groups (broad SMARTS) is 1. The number of rotatable bonds is 4. The van der Waals surface area contributed by atoms with Crippen LogP contribution in [0.25, 0.3) is 0 Å². The van der Waals surface area contributed by atoms with Gasteiger partial charge in [-0.1, -0.05) is 62.2 Å². The maximum Gasteiger partial charge on any atom is 0.137 e. The molecule has 0 spiro atoms. The molecule has 1 fully saturated rings. The van der Waals surface area contributed by atoms with E-state index < -0.39 is 6.09 Å². The molecule has 1 aliphatic heterocycles. The Kier molecular flexibility index (Phi) is 6.88. The molecular formula is C24H29Cl2N2O2-. The predicted octanol–water partition coefficient (Wildman–Crippen LogP) is 5.53. The molecule has 1 heterocycles. The molecular weight excluding hydrogens is 419 g/mol. The van der Waals surface area contributed by atoms with Crippen molar-refractivity contribution in [2.45, 2.75) is 59.0 Å². The van der Waals surface area contributed by atoms with E-state index in [1.807, 2.05) is 24.3 Å². The van der Waals surface area contributed by atoms with E-state index in [1.165, 1.54) is 16.0 Å². The lowest BCUT2D eigenvalue weighted by molar-refractivity contribution is -0.271. The van der Waals surface area contributed by atoms with Crippen molar-refractivity contribution in [3.8, 4) is 0 Å². The van der Waals surface area contributed by atoms with Crippen LogP contribution in [0.4, 0.5) is 10.5 Å². The first-order chi connectivity index (χ1) is 14.1. The third-order valence-corrected chi connectivity index (χ3v) is 6.71. The molecule has 1 amide bonds. The fourth-order valence-electron chi connectivity index (χ4n) is 4.28. The van der Waals surface area contributed by atoms with Gasteiger partial charge >= 0.3 is 0 Å². The summed E-state index contributed by atoms with van der Waals surface area (Å²) in [5, 5.41) is 16.4. The van der Waals surface area contributed by atoms with E-state index in [4.69, 9.17) is 23.2 Å². The first kappa shape index (κ1) is 22.8. The lowest BCUT2D eigenvalue weighted by atomic mass is 9.79. The molecule has 2 aromatic carbocycles. The zero-order chi connectivity index (χ0) is 22.1. The van der Waals surface area contributed by atoms with Gasteiger partial charge < -0.3 is 20.1 Å². The topological polar surface area (TPSA) is 55.4 Å². The predicted molar refractivity (Wildman–Crippen MR) is 122 cm³/mol. The van der Waals surface area contributed by atoms with Gasteiger partial charge in [-0.05, 0) is 66.5 Å². The number of likely N-dealkylation sites (tertiary alicyclic amines) is 1. The number of hydrogen-bond donors (Lipinski definition) is 1. The Morgan fingerprint density at radius 3 is 2.57 bits per heavy atom. The van der Waals surface area contributed by atoms with Crippen LogP contribution in [-0.2, 0) is 6.42 Å². The van der Waals surface area contributed by atoms with Crippen molar-refractivity contribution in [1.82, 2.24) is 4.90 Å². The largest absolute Gasteiger partial charge is 0.530 e. The zero-order valence-electron chi connectivity index (χ0n) is 18.0. The highest BCUT2D eigenvalue weighted by Gasteiger charge is 2.36. The van der Waals surface area contributed by atoms with E-state index in [2.05, 4.69) is 45.1 Å². The minimum Gasteiger partial charge on any atom is -0.530 e. The van der Waals surface area contributed by atoms with Crippen LogP contribution in [0.5, 0.6) is 0 Å². The molecule has 0 aromatic heterocycles. The average molecular weight is 448 g/mol. The minimum absolute atomic E-state index is 0.0860. The van der Waals surface area contributed by atoms with Crippen LogP contribution < -0.4 is 10.4 Å². The molecule has 0 bridgehead atoms. The number of benzene rings is 2. The number of carbonyl (C=O) groups is 1. The van der Waals surface area contributed by atoms with E-state index in [-0.39, 0.29) is 17.5 Å². The minimum atomic E-state index is -1.08. The molecule has 3 rings (SSSR count). The molecule has 162 valence electrons. The number of amides is 1. The average Bonchev–Trinajstić information content (AvgIpc) is 2.66. The standard InChI is InChI=1S/C24H30Cl2N2O2/c1-15-6-5-7-21(18(15)12-16-8-9-19(25)20(26)13-16)27-17-10-11-28(23(29)30)22(14-17)24(2,3)4/h5-9,13,17,22,27H,10-12,14H2,1-4H3,(H,29,30)/p-1. The van der Waals surface area contributed by atoms with Gasteiger partial charge in [-0.2, -0.15) is 0 Å². The Morgan fingerprint density at radius 1 is 1.20 bits per heavy atom. The second-order valence-electron chi connectivity index (χ2n) is 9.23. The van der Waals surface area contributed by atoms with E-state index in [0.717, 1.165) is 30.5 Å². The number of anilines is 1. The highest BCUT2D eigenvalue weighted by molar-refractivity contribution is 6.42. The summed E-state index contributed by atoms with van der Waals surface area (Å²) in [4.78, 5) is 13.1. The monoisotopic (exact) mass is 447 g/mol. The Hall–Kier alpha value is -1.91. The number of nitrogens with zero attached hydrogens (tertiary/aromatic N) is 1. The molecule has 2 atom stereocenters. The number of aryl methyl sites for hydroxylation is 1. The summed E-state index contributed by atoms with van der Waals surface area (Å²) in [5.74, 6) is 0. The fraction of sp³-hybridized carbons (Fsp3) is 0.458. The molecule has 0 saturated carbocycles. The summed E-state index contributed by atoms with van der Waals surface area (Å²) in [6.07, 6.45) is 1.16. The maximum absolute atomic E-state index is 11.6. The first-order valence-electron chi connectivity index (χ1n) is 10.3. The van der Waals surface area contributed by atoms with E-state index in [9.17, 15) is 9.90 Å². The lowest BCUT2D eigenvalue weighted by Gasteiger charge is -2.47. The van der Waals surface area contributed by atoms with Gasteiger partial charge in [0.2, 0.25) is 0 Å². The number of halogens is 2. The van der Waals surface area contributed by atoms with Crippen molar-refractivity contribution in [2.75, 3.05) is 11.9 Å². The molecule has 0 aliphatic carbocycles. The quantitative estimate of drug-likeness (QED) is 0.670. The molecule has 4 nitrogen and oxygen atoms in total. The SMILES string of the molecule is Cc1cccc(NC2CCN(C(=O)[O-])C(C(C)(C)C)C2)c1Cc1ccc(Cl)c(Cl)c1. The van der Waals surface area contributed by atoms with Crippen LogP contribution in [0.1, 0.15) is 50.3 Å². The highest BCUT2D eigenvalue weighted by Crippen LogP contribution is 2.34. The molecule has 6 heteroatoms. The van der Waals surface area contributed by atoms with Crippen molar-refractivity contribution in [3.05, 3.63) is 63.1 Å². The van der Waals surface area contributed by atoms with Crippen molar-refractivity contribution in [2.24, 2.45) is 5.41 Å². The Labute approximate surface area is 189 Å². The van der Waals surface area contributed by atoms with Crippen molar-refractivity contribution in [3.63, 3.8) is 0 Å². The molecule has 30 heavy (non-hydrogen) atoms. The molecule has 2 aromatic rings. The summed E-state index contributed by atoms with van der Waals surface area (Å²) in [7, 11) is 0. The third kappa shape index (κ3) is 5.22. The number of carbonyl (C=O) groups excluding carboxylic acids is 1. The normalized spacial score (nSPS) is 19.6. The lowest BCUT2D eigenvalue weighted by Crippen LogP contribution is -2.57. The van der Waals surface area contributed by atoms with Crippen LogP contribution in [0.3, 0.4) is 0 Å². The first-order valence-corrected chi connectivity index (χ1v) is 11.1. The summed E-state index contributed by atoms with van der Waals surface area (Å²) in [6, 6.07) is 12.1. The van der Waals surface area contributed by atoms with Crippen molar-refractivity contribution >= 4 is 35.0 Å². The number of hydrogen-bond acceptors (Lipinski definition) is 3. The van der Waals surface area contributed by atoms with Gasteiger partial charge in [-0.15, -0.1) is 0 Å². The van der Waals surface area contributed by atoms with E-state index in [1.54, 1.807) is 0 Å². The zero-order valence-corrected chi connectivity index (χ0v) is 19.5. The number of piperidine rings is 1. The summed E-state index contributed by atoms with van der Waals surface area (Å²) in [5.41, 5.74) is 4.44. The molecule has 1 saturated heterocycles. The van der Waals surface area contributed by atoms with Gasteiger partial charge in [0.1, 0.15) is 6.09 Å². The van der Waals surface area contributed by atoms with Crippen LogP contribution in [0.2, 0.25) is 10.0 Å². The maximum atomic E-state index is 11.6. The van der Waals surface area contributed by atoms with E-state index in [0.29, 0.717) is 16.6 Å².